The lowest BCUT2D eigenvalue weighted by molar-refractivity contribution is -0.145. The van der Waals surface area contributed by atoms with Crippen molar-refractivity contribution < 1.29 is 33.5 Å². The number of carbonyl (C=O) groups is 4. The summed E-state index contributed by atoms with van der Waals surface area (Å²) in [5.41, 5.74) is 1.93. The highest BCUT2D eigenvalue weighted by Crippen LogP contribution is 2.10. The summed E-state index contributed by atoms with van der Waals surface area (Å²) in [4.78, 5) is 46.5. The number of hydroxylamine groups is 1. The third kappa shape index (κ3) is 9.08. The number of rotatable bonds is 11. The van der Waals surface area contributed by atoms with Gasteiger partial charge in [-0.05, 0) is 43.5 Å². The van der Waals surface area contributed by atoms with E-state index in [1.807, 2.05) is 0 Å². The quantitative estimate of drug-likeness (QED) is 0.192. The van der Waals surface area contributed by atoms with Crippen molar-refractivity contribution in [2.45, 2.75) is 44.6 Å². The molecule has 0 radical (unpaired) electrons. The molecule has 0 aliphatic carbocycles. The van der Waals surface area contributed by atoms with Crippen LogP contribution >= 0.6 is 0 Å². The average molecular weight is 397 g/mol. The van der Waals surface area contributed by atoms with Gasteiger partial charge in [-0.1, -0.05) is 0 Å². The molecule has 0 bridgehead atoms. The van der Waals surface area contributed by atoms with Crippen molar-refractivity contribution in [1.82, 2.24) is 10.8 Å². The second kappa shape index (κ2) is 12.4. The topological polar surface area (TPSA) is 134 Å². The number of hydrogen-bond donors (Lipinski definition) is 4. The summed E-state index contributed by atoms with van der Waals surface area (Å²) >= 11 is 0. The van der Waals surface area contributed by atoms with Gasteiger partial charge in [0.1, 0.15) is 11.9 Å². The number of hydrogen-bond acceptors (Lipinski definition) is 6. The first kappa shape index (κ1) is 23.0. The van der Waals surface area contributed by atoms with Gasteiger partial charge in [0.15, 0.2) is 0 Å². The summed E-state index contributed by atoms with van der Waals surface area (Å²) in [5.74, 6) is -2.45. The van der Waals surface area contributed by atoms with Gasteiger partial charge in [-0.2, -0.15) is 0 Å². The fraction of sp³-hybridized carbons (Fsp3) is 0.444. The van der Waals surface area contributed by atoms with E-state index in [0.717, 1.165) is 7.11 Å². The Morgan fingerprint density at radius 2 is 1.61 bits per heavy atom. The normalized spacial score (nSPS) is 11.2. The fourth-order valence-corrected chi connectivity index (χ4v) is 2.32. The third-order valence-electron chi connectivity index (χ3n) is 3.79. The minimum absolute atomic E-state index is 0.0229. The van der Waals surface area contributed by atoms with Gasteiger partial charge in [0, 0.05) is 24.9 Å². The Morgan fingerprint density at radius 1 is 1.00 bits per heavy atom. The van der Waals surface area contributed by atoms with Crippen LogP contribution in [0.25, 0.3) is 0 Å². The molecule has 9 nitrogen and oxygen atoms in total. The van der Waals surface area contributed by atoms with Crippen LogP contribution in [0.1, 0.15) is 38.5 Å². The Labute approximate surface area is 161 Å². The van der Waals surface area contributed by atoms with Gasteiger partial charge in [0.2, 0.25) is 17.7 Å². The molecule has 0 fully saturated rings. The zero-order valence-electron chi connectivity index (χ0n) is 15.5. The highest BCUT2D eigenvalue weighted by atomic mass is 19.1. The molecule has 0 aliphatic rings. The van der Waals surface area contributed by atoms with E-state index in [-0.39, 0.29) is 31.6 Å². The molecular formula is C18H24FN3O6. The zero-order chi connectivity index (χ0) is 20.9. The number of ether oxygens (including phenoxy) is 1. The van der Waals surface area contributed by atoms with Gasteiger partial charge >= 0.3 is 5.97 Å². The maximum absolute atomic E-state index is 12.8. The highest BCUT2D eigenvalue weighted by Gasteiger charge is 2.22. The second-order valence-corrected chi connectivity index (χ2v) is 5.98. The van der Waals surface area contributed by atoms with Crippen molar-refractivity contribution in [3.05, 3.63) is 30.1 Å². The highest BCUT2D eigenvalue weighted by molar-refractivity contribution is 5.90. The maximum Gasteiger partial charge on any atom is 0.328 e. The molecule has 1 rings (SSSR count). The summed E-state index contributed by atoms with van der Waals surface area (Å²) < 4.78 is 17.4. The predicted molar refractivity (Wildman–Crippen MR) is 96.6 cm³/mol. The molecule has 10 heteroatoms. The molecule has 1 atom stereocenters. The maximum atomic E-state index is 12.8. The Bertz CT molecular complexity index is 680. The Kier molecular flexibility index (Phi) is 10.2. The number of unbranched alkanes of at least 4 members (excludes halogenated alkanes) is 1. The van der Waals surface area contributed by atoms with Crippen LogP contribution in [0.3, 0.4) is 0 Å². The average Bonchev–Trinajstić information content (AvgIpc) is 2.69. The standard InChI is InChI=1S/C18H24FN3O6/c1-28-18(26)14(10-11-17(25)22-27)21-16(24)5-3-2-4-15(23)20-13-8-6-12(19)7-9-13/h6-9,14,27H,2-5,10-11H2,1H3,(H,20,23)(H,21,24)(H,22,25)/t14-/m0/s1. The number of halogens is 1. The van der Waals surface area contributed by atoms with Crippen LogP contribution in [0.2, 0.25) is 0 Å². The first-order valence-electron chi connectivity index (χ1n) is 8.71. The van der Waals surface area contributed by atoms with Crippen LogP contribution in [0.4, 0.5) is 10.1 Å². The van der Waals surface area contributed by atoms with E-state index in [1.165, 1.54) is 29.7 Å². The Hall–Kier alpha value is -3.01. The number of anilines is 1. The number of nitrogens with one attached hydrogen (secondary N) is 3. The molecule has 0 unspecified atom stereocenters. The molecule has 3 amide bonds. The predicted octanol–water partition coefficient (Wildman–Crippen LogP) is 1.27. The Balaban J connectivity index is 2.31. The van der Waals surface area contributed by atoms with Gasteiger partial charge in [0.05, 0.1) is 7.11 Å². The van der Waals surface area contributed by atoms with Crippen molar-refractivity contribution in [2.75, 3.05) is 12.4 Å². The SMILES string of the molecule is COC(=O)[C@H](CCC(=O)NO)NC(=O)CCCCC(=O)Nc1ccc(F)cc1. The van der Waals surface area contributed by atoms with Gasteiger partial charge in [-0.15, -0.1) is 0 Å². The van der Waals surface area contributed by atoms with E-state index in [2.05, 4.69) is 15.4 Å². The smallest absolute Gasteiger partial charge is 0.328 e. The van der Waals surface area contributed by atoms with E-state index in [0.29, 0.717) is 18.5 Å². The lowest BCUT2D eigenvalue weighted by Gasteiger charge is -2.16. The monoisotopic (exact) mass is 397 g/mol. The van der Waals surface area contributed by atoms with Crippen molar-refractivity contribution in [3.8, 4) is 0 Å². The zero-order valence-corrected chi connectivity index (χ0v) is 15.5. The fourth-order valence-electron chi connectivity index (χ4n) is 2.32. The van der Waals surface area contributed by atoms with Crippen LogP contribution in [0, 0.1) is 5.82 Å². The summed E-state index contributed by atoms with van der Waals surface area (Å²) in [7, 11) is 1.16. The van der Waals surface area contributed by atoms with E-state index >= 15 is 0 Å². The van der Waals surface area contributed by atoms with Crippen molar-refractivity contribution in [3.63, 3.8) is 0 Å². The molecule has 154 valence electrons. The number of methoxy groups -OCH3 is 1. The van der Waals surface area contributed by atoms with Crippen LogP contribution in [0.15, 0.2) is 24.3 Å². The first-order valence-corrected chi connectivity index (χ1v) is 8.71. The first-order chi connectivity index (χ1) is 13.3. The number of carbonyl (C=O) groups excluding carboxylic acids is 4. The molecule has 0 saturated carbocycles. The van der Waals surface area contributed by atoms with E-state index in [9.17, 15) is 23.6 Å². The number of benzene rings is 1. The number of esters is 1. The molecule has 1 aromatic rings. The summed E-state index contributed by atoms with van der Waals surface area (Å²) in [6, 6.07) is 4.37. The van der Waals surface area contributed by atoms with Crippen LogP contribution < -0.4 is 16.1 Å². The lowest BCUT2D eigenvalue weighted by Crippen LogP contribution is -2.42. The van der Waals surface area contributed by atoms with Gasteiger partial charge in [-0.3, -0.25) is 19.6 Å². The molecule has 0 heterocycles. The number of amides is 3. The molecule has 28 heavy (non-hydrogen) atoms. The van der Waals surface area contributed by atoms with Crippen LogP contribution in [0.5, 0.6) is 0 Å². The summed E-state index contributed by atoms with van der Waals surface area (Å²) in [6.45, 7) is 0. The van der Waals surface area contributed by atoms with Crippen molar-refractivity contribution in [1.29, 1.82) is 0 Å². The van der Waals surface area contributed by atoms with Crippen molar-refractivity contribution >= 4 is 29.4 Å². The minimum atomic E-state index is -1.00. The largest absolute Gasteiger partial charge is 0.467 e. The minimum Gasteiger partial charge on any atom is -0.467 e. The summed E-state index contributed by atoms with van der Waals surface area (Å²) in [6.07, 6.45) is 0.931. The van der Waals surface area contributed by atoms with Crippen molar-refractivity contribution in [2.24, 2.45) is 0 Å². The second-order valence-electron chi connectivity index (χ2n) is 5.98. The summed E-state index contributed by atoms with van der Waals surface area (Å²) in [5, 5.41) is 13.6. The van der Waals surface area contributed by atoms with E-state index < -0.39 is 29.6 Å². The Morgan fingerprint density at radius 3 is 2.18 bits per heavy atom. The molecule has 0 aromatic heterocycles. The van der Waals surface area contributed by atoms with Crippen LogP contribution in [-0.4, -0.2) is 42.0 Å². The van der Waals surface area contributed by atoms with Gasteiger partial charge in [-0.25, -0.2) is 14.7 Å². The lowest BCUT2D eigenvalue weighted by atomic mass is 10.1. The molecular weight excluding hydrogens is 373 g/mol. The third-order valence-corrected chi connectivity index (χ3v) is 3.79. The molecule has 0 aliphatic heterocycles. The van der Waals surface area contributed by atoms with Crippen LogP contribution in [-0.2, 0) is 23.9 Å². The van der Waals surface area contributed by atoms with Gasteiger partial charge in [0.25, 0.3) is 0 Å². The van der Waals surface area contributed by atoms with Gasteiger partial charge < -0.3 is 15.4 Å². The molecule has 4 N–H and O–H groups in total. The molecule has 0 spiro atoms. The molecule has 1 aromatic carbocycles. The molecule has 0 saturated heterocycles. The van der Waals surface area contributed by atoms with E-state index in [4.69, 9.17) is 5.21 Å². The van der Waals surface area contributed by atoms with E-state index in [1.54, 1.807) is 0 Å².